The molecule has 0 amide bonds. The highest BCUT2D eigenvalue weighted by Gasteiger charge is 2.48. The Hall–Kier alpha value is -0.260. The van der Waals surface area contributed by atoms with Crippen LogP contribution in [-0.2, 0) is 0 Å². The number of hydrogen-bond donors (Lipinski definition) is 0. The maximum atomic E-state index is 2.55. The van der Waals surface area contributed by atoms with E-state index in [1.54, 1.807) is 0 Å². The molecule has 0 spiro atoms. The highest BCUT2D eigenvalue weighted by atomic mass is 14.5. The third-order valence-electron chi connectivity index (χ3n) is 4.31. The molecule has 0 aromatic carbocycles. The van der Waals surface area contributed by atoms with Crippen molar-refractivity contribution in [3.8, 4) is 0 Å². The Morgan fingerprint density at radius 1 is 1.00 bits per heavy atom. The van der Waals surface area contributed by atoms with Gasteiger partial charge in [0, 0.05) is 0 Å². The molecule has 0 bridgehead atoms. The summed E-state index contributed by atoms with van der Waals surface area (Å²) in [4.78, 5) is 0. The van der Waals surface area contributed by atoms with Crippen LogP contribution < -0.4 is 0 Å². The van der Waals surface area contributed by atoms with Crippen LogP contribution >= 0.6 is 0 Å². The summed E-state index contributed by atoms with van der Waals surface area (Å²) >= 11 is 0. The maximum absolute atomic E-state index is 2.55. The third-order valence-corrected chi connectivity index (χ3v) is 4.31. The van der Waals surface area contributed by atoms with E-state index in [-0.39, 0.29) is 0 Å². The summed E-state index contributed by atoms with van der Waals surface area (Å²) in [5.41, 5.74) is 0. The quantitative estimate of drug-likeness (QED) is 0.426. The van der Waals surface area contributed by atoms with Crippen LogP contribution in [0.2, 0.25) is 0 Å². The van der Waals surface area contributed by atoms with Gasteiger partial charge < -0.3 is 0 Å². The predicted octanol–water partition coefficient (Wildman–Crippen LogP) is 4.95. The zero-order valence-corrected chi connectivity index (χ0v) is 10.3. The predicted molar refractivity (Wildman–Crippen MR) is 66.8 cm³/mol. The minimum atomic E-state index is 0.999. The van der Waals surface area contributed by atoms with Crippen LogP contribution in [0.25, 0.3) is 0 Å². The summed E-state index contributed by atoms with van der Waals surface area (Å²) in [5.74, 6) is 3.20. The van der Waals surface area contributed by atoms with E-state index in [0.717, 1.165) is 17.8 Å². The molecule has 0 heterocycles. The molecule has 0 saturated heterocycles. The Bertz CT molecular complexity index is 192. The van der Waals surface area contributed by atoms with Gasteiger partial charge in [-0.2, -0.15) is 0 Å². The van der Waals surface area contributed by atoms with E-state index in [1.165, 1.54) is 57.8 Å². The zero-order valence-electron chi connectivity index (χ0n) is 10.3. The average molecular weight is 206 g/mol. The Kier molecular flexibility index (Phi) is 4.29. The fourth-order valence-corrected chi connectivity index (χ4v) is 3.28. The van der Waals surface area contributed by atoms with Crippen LogP contribution in [0.4, 0.5) is 0 Å². The fourth-order valence-electron chi connectivity index (χ4n) is 3.28. The molecule has 2 saturated carbocycles. The zero-order chi connectivity index (χ0) is 10.5. The topological polar surface area (TPSA) is 0 Å². The first-order valence-corrected chi connectivity index (χ1v) is 7.10. The number of fused-ring (bicyclic) bond motifs is 1. The molecule has 0 nitrogen and oxygen atoms in total. The van der Waals surface area contributed by atoms with Crippen molar-refractivity contribution in [2.75, 3.05) is 0 Å². The van der Waals surface area contributed by atoms with Gasteiger partial charge in [0.1, 0.15) is 0 Å². The monoisotopic (exact) mass is 206 g/mol. The van der Waals surface area contributed by atoms with Crippen LogP contribution in [0.1, 0.15) is 64.7 Å². The van der Waals surface area contributed by atoms with Crippen LogP contribution in [0.15, 0.2) is 12.2 Å². The molecule has 2 aliphatic rings. The van der Waals surface area contributed by atoms with Crippen LogP contribution in [0.5, 0.6) is 0 Å². The summed E-state index contributed by atoms with van der Waals surface area (Å²) in [7, 11) is 0. The largest absolute Gasteiger partial charge is 0.0882 e. The molecule has 0 heteroatoms. The second-order valence-electron chi connectivity index (χ2n) is 5.47. The third kappa shape index (κ3) is 3.09. The lowest BCUT2D eigenvalue weighted by molar-refractivity contribution is 0.480. The highest BCUT2D eigenvalue weighted by Crippen LogP contribution is 2.56. The molecule has 0 aromatic rings. The number of hydrogen-bond acceptors (Lipinski definition) is 0. The van der Waals surface area contributed by atoms with Crippen molar-refractivity contribution < 1.29 is 0 Å². The minimum Gasteiger partial charge on any atom is -0.0882 e. The molecule has 86 valence electrons. The molecule has 15 heavy (non-hydrogen) atoms. The standard InChI is InChI=1S/C15H26/c1-2-3-4-5-6-7-10-13-14-11-8-9-12-15(13)14/h7,10,13-15H,2-6,8-9,11-12H2,1H3/b10-7+/t13?,14-,15+. The van der Waals surface area contributed by atoms with E-state index in [2.05, 4.69) is 19.1 Å². The number of rotatable bonds is 6. The van der Waals surface area contributed by atoms with E-state index in [0.29, 0.717) is 0 Å². The first-order chi connectivity index (χ1) is 7.43. The van der Waals surface area contributed by atoms with Crippen molar-refractivity contribution in [1.29, 1.82) is 0 Å². The molecule has 0 aliphatic heterocycles. The maximum Gasteiger partial charge on any atom is -0.0171 e. The van der Waals surface area contributed by atoms with Gasteiger partial charge in [0.25, 0.3) is 0 Å². The van der Waals surface area contributed by atoms with E-state index in [4.69, 9.17) is 0 Å². The van der Waals surface area contributed by atoms with Crippen LogP contribution in [-0.4, -0.2) is 0 Å². The Morgan fingerprint density at radius 3 is 2.40 bits per heavy atom. The van der Waals surface area contributed by atoms with Gasteiger partial charge in [-0.3, -0.25) is 0 Å². The molecular formula is C15H26. The lowest BCUT2D eigenvalue weighted by Gasteiger charge is -2.04. The highest BCUT2D eigenvalue weighted by molar-refractivity contribution is 5.09. The molecule has 0 aromatic heterocycles. The normalized spacial score (nSPS) is 34.3. The number of allylic oxidation sites excluding steroid dienone is 2. The van der Waals surface area contributed by atoms with Gasteiger partial charge in [-0.15, -0.1) is 0 Å². The average Bonchev–Trinajstić information content (AvgIpc) is 2.97. The minimum absolute atomic E-state index is 0.999. The first-order valence-electron chi connectivity index (χ1n) is 7.10. The number of unbranched alkanes of at least 4 members (excludes halogenated alkanes) is 4. The lowest BCUT2D eigenvalue weighted by atomic mass is 10.0. The Balaban J connectivity index is 1.55. The van der Waals surface area contributed by atoms with Crippen molar-refractivity contribution in [3.63, 3.8) is 0 Å². The van der Waals surface area contributed by atoms with Crippen molar-refractivity contribution >= 4 is 0 Å². The molecule has 1 unspecified atom stereocenters. The summed E-state index contributed by atoms with van der Waals surface area (Å²) in [6.07, 6.45) is 18.0. The van der Waals surface area contributed by atoms with Crippen molar-refractivity contribution in [2.24, 2.45) is 17.8 Å². The molecule has 2 aliphatic carbocycles. The van der Waals surface area contributed by atoms with Gasteiger partial charge >= 0.3 is 0 Å². The first kappa shape index (κ1) is 11.2. The summed E-state index contributed by atoms with van der Waals surface area (Å²) < 4.78 is 0. The Labute approximate surface area is 95.1 Å². The van der Waals surface area contributed by atoms with E-state index < -0.39 is 0 Å². The lowest BCUT2D eigenvalue weighted by Crippen LogP contribution is -1.91. The smallest absolute Gasteiger partial charge is 0.0171 e. The molecule has 2 fully saturated rings. The molecule has 3 atom stereocenters. The van der Waals surface area contributed by atoms with Gasteiger partial charge in [0.2, 0.25) is 0 Å². The summed E-state index contributed by atoms with van der Waals surface area (Å²) in [6, 6.07) is 0. The molecule has 0 N–H and O–H groups in total. The molecule has 0 radical (unpaired) electrons. The van der Waals surface area contributed by atoms with Crippen molar-refractivity contribution in [2.45, 2.75) is 64.7 Å². The van der Waals surface area contributed by atoms with Gasteiger partial charge in [0.05, 0.1) is 0 Å². The van der Waals surface area contributed by atoms with Crippen LogP contribution in [0.3, 0.4) is 0 Å². The second kappa shape index (κ2) is 5.72. The second-order valence-corrected chi connectivity index (χ2v) is 5.47. The van der Waals surface area contributed by atoms with Crippen molar-refractivity contribution in [1.82, 2.24) is 0 Å². The molecule has 2 rings (SSSR count). The van der Waals surface area contributed by atoms with Gasteiger partial charge in [0.15, 0.2) is 0 Å². The van der Waals surface area contributed by atoms with E-state index in [1.807, 2.05) is 0 Å². The van der Waals surface area contributed by atoms with Crippen molar-refractivity contribution in [3.05, 3.63) is 12.2 Å². The SMILES string of the molecule is CCCCCC/C=C/C1[C@H]2CCCC[C@@H]12. The van der Waals surface area contributed by atoms with Gasteiger partial charge in [-0.05, 0) is 43.4 Å². The summed E-state index contributed by atoms with van der Waals surface area (Å²) in [6.45, 7) is 2.28. The van der Waals surface area contributed by atoms with Crippen LogP contribution in [0, 0.1) is 17.8 Å². The van der Waals surface area contributed by atoms with E-state index >= 15 is 0 Å². The van der Waals surface area contributed by atoms with E-state index in [9.17, 15) is 0 Å². The molecular weight excluding hydrogens is 180 g/mol. The Morgan fingerprint density at radius 2 is 1.73 bits per heavy atom. The summed E-state index contributed by atoms with van der Waals surface area (Å²) in [5, 5.41) is 0. The van der Waals surface area contributed by atoms with Gasteiger partial charge in [-0.1, -0.05) is 51.2 Å². The van der Waals surface area contributed by atoms with Gasteiger partial charge in [-0.25, -0.2) is 0 Å². The fraction of sp³-hybridized carbons (Fsp3) is 0.867.